The quantitative estimate of drug-likeness (QED) is 0.695. The molecule has 2 saturated heterocycles. The highest BCUT2D eigenvalue weighted by molar-refractivity contribution is 8.00. The molecular formula is C16H26OS. The molecule has 0 aromatic carbocycles. The molecule has 0 radical (unpaired) electrons. The van der Waals surface area contributed by atoms with Gasteiger partial charge in [0, 0.05) is 11.9 Å². The minimum atomic E-state index is 0.599. The Labute approximate surface area is 115 Å². The predicted molar refractivity (Wildman–Crippen MR) is 77.0 cm³/mol. The molecule has 0 amide bonds. The first kappa shape index (κ1) is 12.1. The van der Waals surface area contributed by atoms with Gasteiger partial charge >= 0.3 is 0 Å². The van der Waals surface area contributed by atoms with E-state index in [4.69, 9.17) is 4.74 Å². The lowest BCUT2D eigenvalue weighted by atomic mass is 9.60. The lowest BCUT2D eigenvalue weighted by Crippen LogP contribution is -2.47. The highest BCUT2D eigenvalue weighted by Gasteiger charge is 2.48. The molecule has 4 rings (SSSR count). The number of ether oxygens (including phenoxy) is 1. The zero-order chi connectivity index (χ0) is 12.1. The number of hydrogen-bond donors (Lipinski definition) is 0. The average molecular weight is 266 g/mol. The van der Waals surface area contributed by atoms with Crippen LogP contribution in [0.3, 0.4) is 0 Å². The van der Waals surface area contributed by atoms with Crippen molar-refractivity contribution in [3.8, 4) is 0 Å². The Hall–Kier alpha value is 0.310. The van der Waals surface area contributed by atoms with E-state index in [1.54, 1.807) is 0 Å². The Morgan fingerprint density at radius 2 is 1.56 bits per heavy atom. The van der Waals surface area contributed by atoms with Crippen LogP contribution in [0, 0.1) is 10.8 Å². The summed E-state index contributed by atoms with van der Waals surface area (Å²) in [7, 11) is 0. The monoisotopic (exact) mass is 266 g/mol. The summed E-state index contributed by atoms with van der Waals surface area (Å²) in [5.74, 6) is 1.40. The third-order valence-electron chi connectivity index (χ3n) is 6.44. The van der Waals surface area contributed by atoms with E-state index in [-0.39, 0.29) is 0 Å². The van der Waals surface area contributed by atoms with Crippen molar-refractivity contribution in [1.82, 2.24) is 0 Å². The molecule has 2 spiro atoms. The topological polar surface area (TPSA) is 9.23 Å². The molecule has 2 unspecified atom stereocenters. The van der Waals surface area contributed by atoms with E-state index < -0.39 is 0 Å². The van der Waals surface area contributed by atoms with Crippen LogP contribution in [-0.4, -0.2) is 23.7 Å². The molecular weight excluding hydrogens is 240 g/mol. The van der Waals surface area contributed by atoms with Crippen molar-refractivity contribution in [3.63, 3.8) is 0 Å². The molecule has 18 heavy (non-hydrogen) atoms. The fourth-order valence-corrected chi connectivity index (χ4v) is 6.48. The molecule has 0 bridgehead atoms. The SMILES string of the molecule is C1CC2(C1)CCOC(C1CC3(CCC3)CCS1)C2. The summed E-state index contributed by atoms with van der Waals surface area (Å²) >= 11 is 2.23. The van der Waals surface area contributed by atoms with Crippen molar-refractivity contribution >= 4 is 11.8 Å². The molecule has 4 fully saturated rings. The molecule has 0 N–H and O–H groups in total. The van der Waals surface area contributed by atoms with E-state index in [0.29, 0.717) is 6.10 Å². The maximum atomic E-state index is 6.19. The zero-order valence-corrected chi connectivity index (χ0v) is 12.3. The van der Waals surface area contributed by atoms with Crippen LogP contribution in [0.5, 0.6) is 0 Å². The van der Waals surface area contributed by atoms with Gasteiger partial charge in [0.05, 0.1) is 6.10 Å². The minimum absolute atomic E-state index is 0.599. The van der Waals surface area contributed by atoms with Crippen LogP contribution in [0.4, 0.5) is 0 Å². The zero-order valence-electron chi connectivity index (χ0n) is 11.5. The van der Waals surface area contributed by atoms with Gasteiger partial charge in [0.25, 0.3) is 0 Å². The average Bonchev–Trinajstić information content (AvgIpc) is 2.35. The van der Waals surface area contributed by atoms with E-state index in [1.165, 1.54) is 70.0 Å². The van der Waals surface area contributed by atoms with Crippen LogP contribution < -0.4 is 0 Å². The summed E-state index contributed by atoms with van der Waals surface area (Å²) in [4.78, 5) is 0. The van der Waals surface area contributed by atoms with Gasteiger partial charge in [-0.05, 0) is 67.9 Å². The molecule has 2 aliphatic carbocycles. The normalized spacial score (nSPS) is 41.3. The summed E-state index contributed by atoms with van der Waals surface area (Å²) < 4.78 is 6.19. The summed E-state index contributed by atoms with van der Waals surface area (Å²) in [5, 5.41) is 0.830. The fourth-order valence-electron chi connectivity index (χ4n) is 4.77. The van der Waals surface area contributed by atoms with Crippen molar-refractivity contribution in [2.75, 3.05) is 12.4 Å². The van der Waals surface area contributed by atoms with Gasteiger partial charge in [-0.25, -0.2) is 0 Å². The molecule has 2 atom stereocenters. The predicted octanol–water partition coefficient (Wildman–Crippen LogP) is 4.40. The number of hydrogen-bond acceptors (Lipinski definition) is 2. The molecule has 2 aliphatic heterocycles. The van der Waals surface area contributed by atoms with Crippen molar-refractivity contribution in [2.45, 2.75) is 75.6 Å². The molecule has 2 heteroatoms. The first-order valence-electron chi connectivity index (χ1n) is 8.03. The maximum absolute atomic E-state index is 6.19. The maximum Gasteiger partial charge on any atom is 0.0699 e. The van der Waals surface area contributed by atoms with Gasteiger partial charge in [-0.3, -0.25) is 0 Å². The third-order valence-corrected chi connectivity index (χ3v) is 7.78. The molecule has 4 aliphatic rings. The van der Waals surface area contributed by atoms with Crippen molar-refractivity contribution < 1.29 is 4.74 Å². The number of thioether (sulfide) groups is 1. The van der Waals surface area contributed by atoms with Gasteiger partial charge in [0.1, 0.15) is 0 Å². The molecule has 102 valence electrons. The molecule has 0 aromatic rings. The second kappa shape index (κ2) is 4.41. The minimum Gasteiger partial charge on any atom is -0.377 e. The standard InChI is InChI=1S/C16H26OS/c1-3-15(4-1)7-9-17-13(11-15)14-12-16(5-2-6-16)8-10-18-14/h13-14H,1-12H2. The molecule has 0 aromatic heterocycles. The Morgan fingerprint density at radius 1 is 0.833 bits per heavy atom. The lowest BCUT2D eigenvalue weighted by Gasteiger charge is -2.53. The van der Waals surface area contributed by atoms with Crippen LogP contribution in [0.15, 0.2) is 0 Å². The van der Waals surface area contributed by atoms with Gasteiger partial charge in [0.2, 0.25) is 0 Å². The lowest BCUT2D eigenvalue weighted by molar-refractivity contribution is -0.0864. The second-order valence-electron chi connectivity index (χ2n) is 7.43. The van der Waals surface area contributed by atoms with Gasteiger partial charge in [-0.15, -0.1) is 0 Å². The Bertz CT molecular complexity index is 287. The van der Waals surface area contributed by atoms with E-state index in [0.717, 1.165) is 22.7 Å². The summed E-state index contributed by atoms with van der Waals surface area (Å²) in [6.07, 6.45) is 15.3. The molecule has 1 nitrogen and oxygen atoms in total. The van der Waals surface area contributed by atoms with Crippen LogP contribution in [0.1, 0.15) is 64.2 Å². The van der Waals surface area contributed by atoms with Crippen LogP contribution in [0.2, 0.25) is 0 Å². The van der Waals surface area contributed by atoms with Crippen LogP contribution in [0.25, 0.3) is 0 Å². The highest BCUT2D eigenvalue weighted by atomic mass is 32.2. The molecule has 2 saturated carbocycles. The van der Waals surface area contributed by atoms with E-state index in [2.05, 4.69) is 11.8 Å². The summed E-state index contributed by atoms with van der Waals surface area (Å²) in [6.45, 7) is 1.05. The van der Waals surface area contributed by atoms with Crippen molar-refractivity contribution in [1.29, 1.82) is 0 Å². The Balaban J connectivity index is 1.42. The van der Waals surface area contributed by atoms with Gasteiger partial charge in [-0.1, -0.05) is 12.8 Å². The summed E-state index contributed by atoms with van der Waals surface area (Å²) in [5.41, 5.74) is 1.50. The van der Waals surface area contributed by atoms with Crippen LogP contribution >= 0.6 is 11.8 Å². The first-order chi connectivity index (χ1) is 8.79. The fraction of sp³-hybridized carbons (Fsp3) is 1.00. The molecule has 2 heterocycles. The smallest absolute Gasteiger partial charge is 0.0699 e. The van der Waals surface area contributed by atoms with Crippen LogP contribution in [-0.2, 0) is 4.74 Å². The van der Waals surface area contributed by atoms with Gasteiger partial charge in [-0.2, -0.15) is 11.8 Å². The third kappa shape index (κ3) is 1.95. The van der Waals surface area contributed by atoms with E-state index >= 15 is 0 Å². The van der Waals surface area contributed by atoms with Gasteiger partial charge in [0.15, 0.2) is 0 Å². The van der Waals surface area contributed by atoms with Crippen molar-refractivity contribution in [2.24, 2.45) is 10.8 Å². The van der Waals surface area contributed by atoms with E-state index in [9.17, 15) is 0 Å². The van der Waals surface area contributed by atoms with Gasteiger partial charge < -0.3 is 4.74 Å². The largest absolute Gasteiger partial charge is 0.377 e. The second-order valence-corrected chi connectivity index (χ2v) is 8.78. The Kier molecular flexibility index (Phi) is 2.96. The van der Waals surface area contributed by atoms with Crippen molar-refractivity contribution in [3.05, 3.63) is 0 Å². The van der Waals surface area contributed by atoms with E-state index in [1.807, 2.05) is 0 Å². The first-order valence-corrected chi connectivity index (χ1v) is 9.08. The highest BCUT2D eigenvalue weighted by Crippen LogP contribution is 2.56. The number of rotatable bonds is 1. The Morgan fingerprint density at radius 3 is 2.22 bits per heavy atom. The summed E-state index contributed by atoms with van der Waals surface area (Å²) in [6, 6.07) is 0.